The number of fused-ring (bicyclic) bond motifs is 3. The minimum atomic E-state index is -2.80. The van der Waals surface area contributed by atoms with Crippen LogP contribution in [0.1, 0.15) is 11.6 Å². The van der Waals surface area contributed by atoms with E-state index in [-0.39, 0.29) is 5.69 Å². The molecule has 0 spiro atoms. The van der Waals surface area contributed by atoms with Gasteiger partial charge in [0, 0.05) is 22.0 Å². The summed E-state index contributed by atoms with van der Waals surface area (Å²) in [6.07, 6.45) is 0. The lowest BCUT2D eigenvalue weighted by atomic mass is 10.1. The minimum absolute atomic E-state index is 0.249. The Kier molecular flexibility index (Phi) is 4.39. The summed E-state index contributed by atoms with van der Waals surface area (Å²) in [6, 6.07) is 19.1. The number of para-hydroxylation sites is 1. The van der Waals surface area contributed by atoms with E-state index in [0.717, 1.165) is 15.1 Å². The van der Waals surface area contributed by atoms with Crippen LogP contribution in [0.4, 0.5) is 5.69 Å². The highest BCUT2D eigenvalue weighted by molar-refractivity contribution is 7.80. The van der Waals surface area contributed by atoms with Gasteiger partial charge in [-0.05, 0) is 29.8 Å². The van der Waals surface area contributed by atoms with Crippen LogP contribution in [-0.2, 0) is 16.1 Å². The average molecular weight is 380 g/mol. The molecule has 3 aromatic carbocycles. The molecule has 1 heterocycles. The van der Waals surface area contributed by atoms with Crippen LogP contribution in [0, 0.1) is 0 Å². The van der Waals surface area contributed by atoms with Crippen molar-refractivity contribution in [2.24, 2.45) is 0 Å². The normalized spacial score (nSPS) is 13.5. The molecule has 0 fully saturated rings. The fraction of sp³-hybridized carbons (Fsp3) is 0.0500. The first-order valence-corrected chi connectivity index (χ1v) is 9.17. The standard InChI is InChI=1S/C20H15NO5S/c22-20(23)19(13-6-2-1-3-7-13)21(27(24)25)14-10-11-18-16(12-14)15-8-4-5-9-17(15)26-18/h1-12,19H,(H,22,23)(H,24,25)/p-1. The minimum Gasteiger partial charge on any atom is -0.755 e. The van der Waals surface area contributed by atoms with Gasteiger partial charge in [-0.2, -0.15) is 0 Å². The van der Waals surface area contributed by atoms with Gasteiger partial charge in [-0.1, -0.05) is 48.5 Å². The molecule has 2 atom stereocenters. The van der Waals surface area contributed by atoms with Crippen LogP contribution in [-0.4, -0.2) is 19.8 Å². The SMILES string of the molecule is O=C(O)C(c1ccccc1)N(c1ccc2oc3ccccc3c2c1)S(=O)[O-]. The Labute approximate surface area is 157 Å². The predicted molar refractivity (Wildman–Crippen MR) is 102 cm³/mol. The van der Waals surface area contributed by atoms with Gasteiger partial charge < -0.3 is 14.1 Å². The highest BCUT2D eigenvalue weighted by Crippen LogP contribution is 2.35. The Morgan fingerprint density at radius 2 is 1.63 bits per heavy atom. The fourth-order valence-corrected chi connectivity index (χ4v) is 3.86. The van der Waals surface area contributed by atoms with Crippen molar-refractivity contribution < 1.29 is 23.1 Å². The largest absolute Gasteiger partial charge is 0.755 e. The van der Waals surface area contributed by atoms with E-state index in [0.29, 0.717) is 16.7 Å². The van der Waals surface area contributed by atoms with E-state index in [1.807, 2.05) is 24.3 Å². The van der Waals surface area contributed by atoms with Gasteiger partial charge in [0.1, 0.15) is 11.2 Å². The van der Waals surface area contributed by atoms with Crippen LogP contribution < -0.4 is 4.31 Å². The molecule has 4 rings (SSSR count). The first-order chi connectivity index (χ1) is 13.1. The third kappa shape index (κ3) is 3.07. The van der Waals surface area contributed by atoms with Crippen LogP contribution in [0.2, 0.25) is 0 Å². The number of hydrogen-bond acceptors (Lipinski definition) is 4. The number of hydrogen-bond donors (Lipinski definition) is 1. The molecule has 1 aromatic heterocycles. The van der Waals surface area contributed by atoms with Crippen molar-refractivity contribution in [1.82, 2.24) is 0 Å². The molecule has 0 saturated heterocycles. The number of furan rings is 1. The first-order valence-electron chi connectivity index (χ1n) is 8.14. The number of rotatable bonds is 5. The molecule has 0 radical (unpaired) electrons. The van der Waals surface area contributed by atoms with Crippen LogP contribution in [0.3, 0.4) is 0 Å². The van der Waals surface area contributed by atoms with Gasteiger partial charge in [0.15, 0.2) is 6.04 Å². The number of carbonyl (C=O) groups is 1. The van der Waals surface area contributed by atoms with E-state index >= 15 is 0 Å². The van der Waals surface area contributed by atoms with Crippen molar-refractivity contribution in [3.63, 3.8) is 0 Å². The van der Waals surface area contributed by atoms with Gasteiger partial charge in [-0.15, -0.1) is 0 Å². The lowest BCUT2D eigenvalue weighted by molar-refractivity contribution is -0.138. The second-order valence-electron chi connectivity index (χ2n) is 5.97. The van der Waals surface area contributed by atoms with Crippen LogP contribution in [0.25, 0.3) is 21.9 Å². The monoisotopic (exact) mass is 380 g/mol. The van der Waals surface area contributed by atoms with Gasteiger partial charge in [0.2, 0.25) is 0 Å². The van der Waals surface area contributed by atoms with E-state index < -0.39 is 23.3 Å². The van der Waals surface area contributed by atoms with Gasteiger partial charge in [-0.25, -0.2) is 4.79 Å². The van der Waals surface area contributed by atoms with E-state index in [2.05, 4.69) is 0 Å². The zero-order valence-electron chi connectivity index (χ0n) is 13.9. The summed E-state index contributed by atoms with van der Waals surface area (Å²) >= 11 is -2.80. The zero-order chi connectivity index (χ0) is 19.0. The summed E-state index contributed by atoms with van der Waals surface area (Å²) in [6.45, 7) is 0. The molecule has 0 aliphatic heterocycles. The molecule has 136 valence electrons. The third-order valence-corrected chi connectivity index (χ3v) is 5.10. The Hall–Kier alpha value is -3.16. The summed E-state index contributed by atoms with van der Waals surface area (Å²) in [5, 5.41) is 11.3. The van der Waals surface area contributed by atoms with E-state index in [9.17, 15) is 18.7 Å². The molecule has 27 heavy (non-hydrogen) atoms. The molecular weight excluding hydrogens is 366 g/mol. The van der Waals surface area contributed by atoms with E-state index in [1.54, 1.807) is 48.5 Å². The van der Waals surface area contributed by atoms with Crippen molar-refractivity contribution in [3.05, 3.63) is 78.4 Å². The van der Waals surface area contributed by atoms with Gasteiger partial charge >= 0.3 is 5.97 Å². The van der Waals surface area contributed by atoms with Gasteiger partial charge in [-0.3, -0.25) is 8.51 Å². The summed E-state index contributed by atoms with van der Waals surface area (Å²) in [5.74, 6) is -1.26. The molecule has 2 unspecified atom stereocenters. The number of benzene rings is 3. The molecule has 0 aliphatic rings. The summed E-state index contributed by atoms with van der Waals surface area (Å²) in [7, 11) is 0. The highest BCUT2D eigenvalue weighted by atomic mass is 32.2. The van der Waals surface area contributed by atoms with Crippen molar-refractivity contribution in [2.75, 3.05) is 4.31 Å². The van der Waals surface area contributed by atoms with Crippen molar-refractivity contribution in [1.29, 1.82) is 0 Å². The van der Waals surface area contributed by atoms with Crippen LogP contribution in [0.5, 0.6) is 0 Å². The zero-order valence-corrected chi connectivity index (χ0v) is 14.8. The Morgan fingerprint density at radius 3 is 2.33 bits per heavy atom. The maximum atomic E-state index is 12.0. The number of aliphatic carboxylic acids is 1. The molecule has 7 heteroatoms. The maximum absolute atomic E-state index is 12.0. The maximum Gasteiger partial charge on any atom is 0.332 e. The molecule has 6 nitrogen and oxygen atoms in total. The Balaban J connectivity index is 1.90. The predicted octanol–water partition coefficient (Wildman–Crippen LogP) is 4.01. The van der Waals surface area contributed by atoms with Gasteiger partial charge in [0.25, 0.3) is 0 Å². The second kappa shape index (κ2) is 6.86. The second-order valence-corrected chi connectivity index (χ2v) is 6.80. The molecular formula is C20H14NO5S-. The smallest absolute Gasteiger partial charge is 0.332 e. The van der Waals surface area contributed by atoms with Crippen molar-refractivity contribution in [3.8, 4) is 0 Å². The summed E-state index contributed by atoms with van der Waals surface area (Å²) in [4.78, 5) is 11.9. The van der Waals surface area contributed by atoms with E-state index in [1.165, 1.54) is 0 Å². The van der Waals surface area contributed by atoms with Crippen molar-refractivity contribution >= 4 is 44.9 Å². The average Bonchev–Trinajstić information content (AvgIpc) is 3.04. The number of carboxylic acid groups (broad SMARTS) is 1. The molecule has 1 N–H and O–H groups in total. The number of nitrogens with zero attached hydrogens (tertiary/aromatic N) is 1. The summed E-state index contributed by atoms with van der Waals surface area (Å²) in [5.41, 5.74) is 1.89. The molecule has 4 aromatic rings. The Morgan fingerprint density at radius 1 is 0.963 bits per heavy atom. The number of anilines is 1. The number of carboxylic acids is 1. The summed E-state index contributed by atoms with van der Waals surface area (Å²) < 4.78 is 30.6. The van der Waals surface area contributed by atoms with Crippen molar-refractivity contribution in [2.45, 2.75) is 6.04 Å². The van der Waals surface area contributed by atoms with Crippen LogP contribution >= 0.6 is 0 Å². The fourth-order valence-electron chi connectivity index (χ4n) is 3.19. The molecule has 0 aliphatic carbocycles. The first kappa shape index (κ1) is 17.3. The van der Waals surface area contributed by atoms with Gasteiger partial charge in [0.05, 0.1) is 5.69 Å². The quantitative estimate of drug-likeness (QED) is 0.528. The molecule has 0 bridgehead atoms. The lowest BCUT2D eigenvalue weighted by Crippen LogP contribution is -2.35. The van der Waals surface area contributed by atoms with Crippen LogP contribution in [0.15, 0.2) is 77.2 Å². The molecule has 0 amide bonds. The topological polar surface area (TPSA) is 93.8 Å². The van der Waals surface area contributed by atoms with E-state index in [4.69, 9.17) is 4.42 Å². The third-order valence-electron chi connectivity index (χ3n) is 4.36. The lowest BCUT2D eigenvalue weighted by Gasteiger charge is -2.32. The highest BCUT2D eigenvalue weighted by Gasteiger charge is 2.29. The molecule has 0 saturated carbocycles. The Bertz CT molecular complexity index is 1150.